The van der Waals surface area contributed by atoms with Gasteiger partial charge in [0.05, 0.1) is 0 Å². The van der Waals surface area contributed by atoms with E-state index in [0.717, 1.165) is 18.3 Å². The van der Waals surface area contributed by atoms with E-state index in [4.69, 9.17) is 4.74 Å². The van der Waals surface area contributed by atoms with Crippen LogP contribution in [0.3, 0.4) is 0 Å². The number of halogens is 1. The molecule has 0 amide bonds. The first-order valence-corrected chi connectivity index (χ1v) is 9.99. The van der Waals surface area contributed by atoms with Crippen LogP contribution in [0.4, 0.5) is 0 Å². The molecular weight excluding hydrogens is 352 g/mol. The highest BCUT2D eigenvalue weighted by Crippen LogP contribution is 2.60. The zero-order valence-corrected chi connectivity index (χ0v) is 16.2. The number of allylic oxidation sites excluding steroid dienone is 1. The van der Waals surface area contributed by atoms with Gasteiger partial charge in [-0.3, -0.25) is 0 Å². The summed E-state index contributed by atoms with van der Waals surface area (Å²) in [4.78, 5) is 13.9. The Morgan fingerprint density at radius 2 is 2.22 bits per heavy atom. The standard InChI is InChI=1S/C20H29BrO2/c1-12(10-18-13(2)14(3)19(22)23-18)16-7-8-17-15(11-21)6-5-9-20(16,17)4/h11-13,16-18H,3,5-10H2,1-2,4H3/b15-11+/t12-,13+,16-,17+,18-,20-/m1/s1. The van der Waals surface area contributed by atoms with Gasteiger partial charge in [0.2, 0.25) is 0 Å². The summed E-state index contributed by atoms with van der Waals surface area (Å²) in [6.07, 6.45) is 7.53. The van der Waals surface area contributed by atoms with E-state index in [2.05, 4.69) is 48.3 Å². The lowest BCUT2D eigenvalue weighted by molar-refractivity contribution is -0.140. The maximum atomic E-state index is 11.7. The first kappa shape index (κ1) is 17.3. The quantitative estimate of drug-likeness (QED) is 0.468. The van der Waals surface area contributed by atoms with E-state index in [1.165, 1.54) is 32.1 Å². The van der Waals surface area contributed by atoms with Crippen LogP contribution in [-0.2, 0) is 9.53 Å². The molecule has 6 atom stereocenters. The molecule has 0 aromatic carbocycles. The lowest BCUT2D eigenvalue weighted by atomic mass is 9.61. The summed E-state index contributed by atoms with van der Waals surface area (Å²) in [5.41, 5.74) is 2.68. The summed E-state index contributed by atoms with van der Waals surface area (Å²) in [5, 5.41) is 0. The van der Waals surface area contributed by atoms with E-state index in [9.17, 15) is 4.79 Å². The van der Waals surface area contributed by atoms with Crippen LogP contribution in [0.2, 0.25) is 0 Å². The van der Waals surface area contributed by atoms with Crippen molar-refractivity contribution in [2.24, 2.45) is 29.1 Å². The van der Waals surface area contributed by atoms with Crippen molar-refractivity contribution in [1.82, 2.24) is 0 Å². The Morgan fingerprint density at radius 1 is 1.48 bits per heavy atom. The molecule has 0 aromatic heterocycles. The third-order valence-corrected chi connectivity index (χ3v) is 7.69. The van der Waals surface area contributed by atoms with Crippen LogP contribution in [0.25, 0.3) is 0 Å². The van der Waals surface area contributed by atoms with E-state index in [1.807, 2.05) is 0 Å². The number of cyclic esters (lactones) is 1. The summed E-state index contributed by atoms with van der Waals surface area (Å²) >= 11 is 3.59. The first-order valence-electron chi connectivity index (χ1n) is 9.07. The van der Waals surface area contributed by atoms with Crippen LogP contribution in [0.1, 0.15) is 59.3 Å². The van der Waals surface area contributed by atoms with Crippen LogP contribution in [0, 0.1) is 29.1 Å². The summed E-state index contributed by atoms with van der Waals surface area (Å²) < 4.78 is 5.57. The van der Waals surface area contributed by atoms with Crippen molar-refractivity contribution in [3.63, 3.8) is 0 Å². The van der Waals surface area contributed by atoms with Crippen molar-refractivity contribution < 1.29 is 9.53 Å². The number of ether oxygens (including phenoxy) is 1. The van der Waals surface area contributed by atoms with Gasteiger partial charge < -0.3 is 4.74 Å². The molecule has 0 bridgehead atoms. The zero-order valence-electron chi connectivity index (χ0n) is 14.6. The molecule has 3 rings (SSSR count). The molecular formula is C20H29BrO2. The Hall–Kier alpha value is -0.570. The van der Waals surface area contributed by atoms with Crippen LogP contribution < -0.4 is 0 Å². The van der Waals surface area contributed by atoms with Gasteiger partial charge in [0.1, 0.15) is 6.10 Å². The molecule has 3 fully saturated rings. The molecule has 2 nitrogen and oxygen atoms in total. The van der Waals surface area contributed by atoms with Crippen molar-refractivity contribution in [3.05, 3.63) is 22.7 Å². The largest absolute Gasteiger partial charge is 0.458 e. The van der Waals surface area contributed by atoms with Crippen molar-refractivity contribution in [2.75, 3.05) is 0 Å². The lowest BCUT2D eigenvalue weighted by Gasteiger charge is -2.44. The predicted molar refractivity (Wildman–Crippen MR) is 97.1 cm³/mol. The van der Waals surface area contributed by atoms with Crippen molar-refractivity contribution in [1.29, 1.82) is 0 Å². The highest BCUT2D eigenvalue weighted by Gasteiger charge is 2.51. The van der Waals surface area contributed by atoms with E-state index < -0.39 is 0 Å². The van der Waals surface area contributed by atoms with Gasteiger partial charge in [-0.2, -0.15) is 0 Å². The maximum Gasteiger partial charge on any atom is 0.334 e. The molecule has 0 unspecified atom stereocenters. The van der Waals surface area contributed by atoms with Crippen molar-refractivity contribution in [3.8, 4) is 0 Å². The number of carbonyl (C=O) groups is 1. The number of hydrogen-bond donors (Lipinski definition) is 0. The van der Waals surface area contributed by atoms with Crippen LogP contribution in [0.15, 0.2) is 22.7 Å². The molecule has 2 aliphatic carbocycles. The number of rotatable bonds is 3. The maximum absolute atomic E-state index is 11.7. The Kier molecular flexibility index (Phi) is 4.79. The number of fused-ring (bicyclic) bond motifs is 1. The lowest BCUT2D eigenvalue weighted by Crippen LogP contribution is -2.37. The molecule has 1 heterocycles. The molecule has 0 spiro atoms. The highest BCUT2D eigenvalue weighted by atomic mass is 79.9. The summed E-state index contributed by atoms with van der Waals surface area (Å²) in [5.74, 6) is 2.04. The van der Waals surface area contributed by atoms with Crippen LogP contribution in [-0.4, -0.2) is 12.1 Å². The second-order valence-electron chi connectivity index (χ2n) is 8.25. The normalized spacial score (nSPS) is 43.6. The average molecular weight is 381 g/mol. The molecule has 23 heavy (non-hydrogen) atoms. The van der Waals surface area contributed by atoms with Crippen molar-refractivity contribution >= 4 is 21.9 Å². The average Bonchev–Trinajstić information content (AvgIpc) is 2.99. The van der Waals surface area contributed by atoms with Gasteiger partial charge in [0.15, 0.2) is 0 Å². The number of esters is 1. The molecule has 0 radical (unpaired) electrons. The molecule has 3 heteroatoms. The Morgan fingerprint density at radius 3 is 2.83 bits per heavy atom. The summed E-state index contributed by atoms with van der Waals surface area (Å²) in [7, 11) is 0. The zero-order chi connectivity index (χ0) is 16.8. The molecule has 0 aromatic rings. The highest BCUT2D eigenvalue weighted by molar-refractivity contribution is 9.11. The molecule has 2 saturated carbocycles. The van der Waals surface area contributed by atoms with E-state index in [-0.39, 0.29) is 18.0 Å². The Labute approximate surface area is 148 Å². The van der Waals surface area contributed by atoms with Crippen LogP contribution >= 0.6 is 15.9 Å². The van der Waals surface area contributed by atoms with Gasteiger partial charge in [-0.1, -0.05) is 48.9 Å². The molecule has 1 saturated heterocycles. The van der Waals surface area contributed by atoms with Gasteiger partial charge in [-0.05, 0) is 66.7 Å². The van der Waals surface area contributed by atoms with E-state index >= 15 is 0 Å². The Bertz CT molecular complexity index is 538. The number of hydrogen-bond acceptors (Lipinski definition) is 2. The van der Waals surface area contributed by atoms with E-state index in [1.54, 1.807) is 5.57 Å². The van der Waals surface area contributed by atoms with Gasteiger partial charge >= 0.3 is 5.97 Å². The molecule has 0 N–H and O–H groups in total. The van der Waals surface area contributed by atoms with Crippen molar-refractivity contribution in [2.45, 2.75) is 65.4 Å². The second kappa shape index (κ2) is 6.38. The fourth-order valence-corrected chi connectivity index (χ4v) is 6.20. The molecule has 128 valence electrons. The monoisotopic (exact) mass is 380 g/mol. The number of carbonyl (C=O) groups excluding carboxylic acids is 1. The minimum absolute atomic E-state index is 0.0300. The topological polar surface area (TPSA) is 26.3 Å². The SMILES string of the molecule is C=C1C(=O)O[C@H](C[C@@H](C)[C@H]2CC[C@H]3/C(=C/Br)CCC[C@]23C)[C@H]1C. The van der Waals surface area contributed by atoms with Gasteiger partial charge in [0, 0.05) is 11.5 Å². The fourth-order valence-electron chi connectivity index (χ4n) is 5.65. The minimum atomic E-state index is -0.188. The Balaban J connectivity index is 1.72. The van der Waals surface area contributed by atoms with Crippen LogP contribution in [0.5, 0.6) is 0 Å². The van der Waals surface area contributed by atoms with Gasteiger partial charge in [-0.25, -0.2) is 4.79 Å². The molecule has 1 aliphatic heterocycles. The third kappa shape index (κ3) is 2.83. The van der Waals surface area contributed by atoms with E-state index in [0.29, 0.717) is 16.9 Å². The first-order chi connectivity index (χ1) is 10.9. The van der Waals surface area contributed by atoms with Gasteiger partial charge in [0.25, 0.3) is 0 Å². The van der Waals surface area contributed by atoms with Gasteiger partial charge in [-0.15, -0.1) is 0 Å². The minimum Gasteiger partial charge on any atom is -0.458 e. The molecule has 3 aliphatic rings. The fraction of sp³-hybridized carbons (Fsp3) is 0.750. The third-order valence-electron chi connectivity index (χ3n) is 7.10. The second-order valence-corrected chi connectivity index (χ2v) is 8.71. The summed E-state index contributed by atoms with van der Waals surface area (Å²) in [6.45, 7) is 10.8. The smallest absolute Gasteiger partial charge is 0.334 e. The predicted octanol–water partition coefficient (Wildman–Crippen LogP) is 5.63. The summed E-state index contributed by atoms with van der Waals surface area (Å²) in [6, 6.07) is 0.